The predicted octanol–water partition coefficient (Wildman–Crippen LogP) is 2.45. The van der Waals surface area contributed by atoms with E-state index in [1.54, 1.807) is 0 Å². The SMILES string of the molecule is CCOC1CC(N)(C(=O)NC(C)c2noc(-c3ccccc3)n2)C1(C)C. The fourth-order valence-corrected chi connectivity index (χ4v) is 3.32. The van der Waals surface area contributed by atoms with Gasteiger partial charge in [-0.15, -0.1) is 0 Å². The van der Waals surface area contributed by atoms with Gasteiger partial charge in [0.25, 0.3) is 5.89 Å². The van der Waals surface area contributed by atoms with Crippen molar-refractivity contribution in [1.82, 2.24) is 15.5 Å². The summed E-state index contributed by atoms with van der Waals surface area (Å²) < 4.78 is 11.0. The molecule has 3 atom stereocenters. The quantitative estimate of drug-likeness (QED) is 0.822. The molecule has 1 aliphatic carbocycles. The molecule has 0 bridgehead atoms. The highest BCUT2D eigenvalue weighted by Gasteiger charge is 2.63. The Morgan fingerprint density at radius 3 is 2.73 bits per heavy atom. The molecule has 1 aromatic heterocycles. The Balaban J connectivity index is 1.68. The summed E-state index contributed by atoms with van der Waals surface area (Å²) >= 11 is 0. The van der Waals surface area contributed by atoms with E-state index in [4.69, 9.17) is 15.0 Å². The average molecular weight is 358 g/mol. The molecule has 1 amide bonds. The van der Waals surface area contributed by atoms with E-state index in [1.807, 2.05) is 58.0 Å². The van der Waals surface area contributed by atoms with Gasteiger partial charge in [0.1, 0.15) is 5.54 Å². The number of carbonyl (C=O) groups is 1. The van der Waals surface area contributed by atoms with Gasteiger partial charge in [-0.05, 0) is 26.0 Å². The molecular formula is C19H26N4O3. The topological polar surface area (TPSA) is 103 Å². The molecule has 1 saturated carbocycles. The van der Waals surface area contributed by atoms with E-state index in [1.165, 1.54) is 0 Å². The molecule has 0 spiro atoms. The summed E-state index contributed by atoms with van der Waals surface area (Å²) in [6, 6.07) is 9.08. The predicted molar refractivity (Wildman–Crippen MR) is 97.0 cm³/mol. The number of hydrogen-bond donors (Lipinski definition) is 2. The van der Waals surface area contributed by atoms with Gasteiger partial charge in [0.2, 0.25) is 5.91 Å². The fraction of sp³-hybridized carbons (Fsp3) is 0.526. The van der Waals surface area contributed by atoms with Crippen molar-refractivity contribution in [3.05, 3.63) is 36.2 Å². The summed E-state index contributed by atoms with van der Waals surface area (Å²) in [5, 5.41) is 6.90. The van der Waals surface area contributed by atoms with Crippen molar-refractivity contribution in [2.24, 2.45) is 11.1 Å². The highest BCUT2D eigenvalue weighted by atomic mass is 16.5. The maximum absolute atomic E-state index is 12.8. The second-order valence-corrected chi connectivity index (χ2v) is 7.36. The van der Waals surface area contributed by atoms with E-state index >= 15 is 0 Å². The smallest absolute Gasteiger partial charge is 0.257 e. The molecule has 140 valence electrons. The Morgan fingerprint density at radius 2 is 2.12 bits per heavy atom. The molecule has 3 unspecified atom stereocenters. The van der Waals surface area contributed by atoms with Gasteiger partial charge in [-0.3, -0.25) is 4.79 Å². The van der Waals surface area contributed by atoms with Gasteiger partial charge >= 0.3 is 0 Å². The Labute approximate surface area is 153 Å². The van der Waals surface area contributed by atoms with Crippen LogP contribution >= 0.6 is 0 Å². The lowest BCUT2D eigenvalue weighted by molar-refractivity contribution is -0.171. The van der Waals surface area contributed by atoms with Crippen molar-refractivity contribution in [3.63, 3.8) is 0 Å². The molecule has 7 nitrogen and oxygen atoms in total. The van der Waals surface area contributed by atoms with Crippen LogP contribution in [0.4, 0.5) is 0 Å². The Morgan fingerprint density at radius 1 is 1.42 bits per heavy atom. The number of aromatic nitrogens is 2. The third-order valence-corrected chi connectivity index (χ3v) is 5.43. The maximum atomic E-state index is 12.8. The fourth-order valence-electron chi connectivity index (χ4n) is 3.32. The van der Waals surface area contributed by atoms with Crippen molar-refractivity contribution in [2.75, 3.05) is 6.61 Å². The third-order valence-electron chi connectivity index (χ3n) is 5.43. The molecule has 1 heterocycles. The number of nitrogens with two attached hydrogens (primary N) is 1. The minimum absolute atomic E-state index is 0.0200. The van der Waals surface area contributed by atoms with Crippen molar-refractivity contribution in [1.29, 1.82) is 0 Å². The van der Waals surface area contributed by atoms with Crippen LogP contribution in [0.15, 0.2) is 34.9 Å². The van der Waals surface area contributed by atoms with E-state index < -0.39 is 17.0 Å². The monoisotopic (exact) mass is 358 g/mol. The molecule has 1 aromatic carbocycles. The zero-order valence-corrected chi connectivity index (χ0v) is 15.7. The number of benzene rings is 1. The van der Waals surface area contributed by atoms with Crippen molar-refractivity contribution < 1.29 is 14.1 Å². The van der Waals surface area contributed by atoms with Crippen LogP contribution in [0.3, 0.4) is 0 Å². The number of nitrogens with zero attached hydrogens (tertiary/aromatic N) is 2. The molecule has 0 radical (unpaired) electrons. The molecule has 3 rings (SSSR count). The Hall–Kier alpha value is -2.25. The van der Waals surface area contributed by atoms with Crippen LogP contribution in [-0.2, 0) is 9.53 Å². The van der Waals surface area contributed by atoms with Crippen LogP contribution in [0.2, 0.25) is 0 Å². The van der Waals surface area contributed by atoms with Gasteiger partial charge in [0.05, 0.1) is 12.1 Å². The summed E-state index contributed by atoms with van der Waals surface area (Å²) in [7, 11) is 0. The van der Waals surface area contributed by atoms with Crippen LogP contribution < -0.4 is 11.1 Å². The Kier molecular flexibility index (Phi) is 4.86. The summed E-state index contributed by atoms with van der Waals surface area (Å²) in [5.41, 5.74) is 5.82. The first kappa shape index (κ1) is 18.5. The van der Waals surface area contributed by atoms with Gasteiger partial charge in [-0.1, -0.05) is 37.2 Å². The van der Waals surface area contributed by atoms with Crippen molar-refractivity contribution in [2.45, 2.75) is 51.8 Å². The average Bonchev–Trinajstić information content (AvgIpc) is 3.12. The largest absolute Gasteiger partial charge is 0.378 e. The normalized spacial score (nSPS) is 25.3. The van der Waals surface area contributed by atoms with Crippen LogP contribution in [0, 0.1) is 5.41 Å². The molecular weight excluding hydrogens is 332 g/mol. The van der Waals surface area contributed by atoms with Gasteiger partial charge < -0.3 is 20.3 Å². The number of ether oxygens (including phenoxy) is 1. The highest BCUT2D eigenvalue weighted by Crippen LogP contribution is 2.50. The molecule has 1 aliphatic rings. The minimum atomic E-state index is -0.979. The molecule has 0 saturated heterocycles. The first-order valence-electron chi connectivity index (χ1n) is 8.90. The number of rotatable bonds is 6. The number of hydrogen-bond acceptors (Lipinski definition) is 6. The van der Waals surface area contributed by atoms with Crippen LogP contribution in [0.25, 0.3) is 11.5 Å². The molecule has 26 heavy (non-hydrogen) atoms. The van der Waals surface area contributed by atoms with Crippen molar-refractivity contribution >= 4 is 5.91 Å². The molecule has 7 heteroatoms. The Bertz CT molecular complexity index is 774. The first-order chi connectivity index (χ1) is 12.3. The standard InChI is InChI=1S/C19H26N4O3/c1-5-25-14-11-19(20,18(14,3)4)17(24)21-12(2)15-22-16(26-23-15)13-9-7-6-8-10-13/h6-10,12,14H,5,11,20H2,1-4H3,(H,21,24). The lowest BCUT2D eigenvalue weighted by Gasteiger charge is -2.57. The molecule has 3 N–H and O–H groups in total. The van der Waals surface area contributed by atoms with Crippen LogP contribution in [0.5, 0.6) is 0 Å². The first-order valence-corrected chi connectivity index (χ1v) is 8.90. The lowest BCUT2D eigenvalue weighted by Crippen LogP contribution is -2.75. The zero-order valence-electron chi connectivity index (χ0n) is 15.7. The van der Waals surface area contributed by atoms with E-state index in [-0.39, 0.29) is 12.0 Å². The number of amides is 1. The van der Waals surface area contributed by atoms with Crippen LogP contribution in [0.1, 0.15) is 46.0 Å². The minimum Gasteiger partial charge on any atom is -0.378 e. The van der Waals surface area contributed by atoms with Gasteiger partial charge in [0.15, 0.2) is 5.82 Å². The van der Waals surface area contributed by atoms with E-state index in [0.717, 1.165) is 5.56 Å². The lowest BCUT2D eigenvalue weighted by atomic mass is 9.54. The number of nitrogens with one attached hydrogen (secondary N) is 1. The van der Waals surface area contributed by atoms with E-state index in [0.29, 0.717) is 24.7 Å². The zero-order chi connectivity index (χ0) is 18.9. The molecule has 1 fully saturated rings. The second kappa shape index (κ2) is 6.81. The highest BCUT2D eigenvalue weighted by molar-refractivity contribution is 5.89. The van der Waals surface area contributed by atoms with Gasteiger partial charge in [-0.25, -0.2) is 0 Å². The summed E-state index contributed by atoms with van der Waals surface area (Å²) in [6.07, 6.45) is 0.474. The van der Waals surface area contributed by atoms with Gasteiger partial charge in [0, 0.05) is 24.0 Å². The van der Waals surface area contributed by atoms with Crippen LogP contribution in [-0.4, -0.2) is 34.3 Å². The maximum Gasteiger partial charge on any atom is 0.257 e. The van der Waals surface area contributed by atoms with E-state index in [2.05, 4.69) is 15.5 Å². The third kappa shape index (κ3) is 3.01. The molecule has 2 aromatic rings. The van der Waals surface area contributed by atoms with Gasteiger partial charge in [-0.2, -0.15) is 4.98 Å². The summed E-state index contributed by atoms with van der Waals surface area (Å²) in [5.74, 6) is 0.612. The molecule has 0 aliphatic heterocycles. The van der Waals surface area contributed by atoms with E-state index in [9.17, 15) is 4.79 Å². The summed E-state index contributed by atoms with van der Waals surface area (Å²) in [6.45, 7) is 8.28. The summed E-state index contributed by atoms with van der Waals surface area (Å²) in [4.78, 5) is 17.2. The second-order valence-electron chi connectivity index (χ2n) is 7.36. The van der Waals surface area contributed by atoms with Crippen molar-refractivity contribution in [3.8, 4) is 11.5 Å². The number of carbonyl (C=O) groups excluding carboxylic acids is 1.